The van der Waals surface area contributed by atoms with E-state index in [9.17, 15) is 9.59 Å². The predicted octanol–water partition coefficient (Wildman–Crippen LogP) is 5.23. The van der Waals surface area contributed by atoms with Crippen molar-refractivity contribution in [2.45, 2.75) is 64.3 Å². The number of rotatable bonds is 11. The topological polar surface area (TPSA) is 96.5 Å². The van der Waals surface area contributed by atoms with E-state index >= 15 is 0 Å². The maximum Gasteiger partial charge on any atom is 0.323 e. The molecule has 1 saturated carbocycles. The lowest BCUT2D eigenvalue weighted by molar-refractivity contribution is -0.108. The molecule has 1 aliphatic carbocycles. The first-order valence-electron chi connectivity index (χ1n) is 12.2. The zero-order chi connectivity index (χ0) is 24.3. The van der Waals surface area contributed by atoms with Crippen LogP contribution in [0, 0.1) is 5.92 Å². The molecule has 2 aromatic rings. The number of ether oxygens (including phenoxy) is 1. The van der Waals surface area contributed by atoms with Crippen molar-refractivity contribution in [1.82, 2.24) is 9.97 Å². The number of anilines is 3. The summed E-state index contributed by atoms with van der Waals surface area (Å²) in [4.78, 5) is 34.6. The molecule has 1 unspecified atom stereocenters. The summed E-state index contributed by atoms with van der Waals surface area (Å²) in [6, 6.07) is 6.21. The van der Waals surface area contributed by atoms with Gasteiger partial charge in [0.05, 0.1) is 36.1 Å². The molecular formula is C26H37N5O3. The summed E-state index contributed by atoms with van der Waals surface area (Å²) < 4.78 is 5.35. The molecule has 1 atom stereocenters. The van der Waals surface area contributed by atoms with Crippen LogP contribution >= 0.6 is 0 Å². The molecule has 0 spiro atoms. The number of benzene rings is 1. The summed E-state index contributed by atoms with van der Waals surface area (Å²) in [5, 5.41) is 5.86. The third-order valence-electron chi connectivity index (χ3n) is 6.19. The van der Waals surface area contributed by atoms with Crippen LogP contribution in [-0.4, -0.2) is 48.6 Å². The Morgan fingerprint density at radius 1 is 1.18 bits per heavy atom. The molecule has 2 N–H and O–H groups in total. The number of hydrogen-bond acceptors (Lipinski definition) is 6. The van der Waals surface area contributed by atoms with Crippen LogP contribution in [0.4, 0.5) is 21.9 Å². The highest BCUT2D eigenvalue weighted by atomic mass is 16.5. The van der Waals surface area contributed by atoms with Crippen molar-refractivity contribution in [3.8, 4) is 0 Å². The number of aldehydes is 1. The second kappa shape index (κ2) is 13.0. The molecule has 1 heterocycles. The lowest BCUT2D eigenvalue weighted by atomic mass is 9.92. The first kappa shape index (κ1) is 25.6. The second-order valence-electron chi connectivity index (χ2n) is 9.38. The van der Waals surface area contributed by atoms with E-state index in [1.807, 2.05) is 6.07 Å². The Kier molecular flexibility index (Phi) is 9.82. The summed E-state index contributed by atoms with van der Waals surface area (Å²) >= 11 is 0. The summed E-state index contributed by atoms with van der Waals surface area (Å²) in [6.45, 7) is 5.78. The van der Waals surface area contributed by atoms with E-state index in [1.165, 1.54) is 25.6 Å². The number of nitrogens with zero attached hydrogens (tertiary/aromatic N) is 3. The summed E-state index contributed by atoms with van der Waals surface area (Å²) in [5.74, 6) is 0.400. The Labute approximate surface area is 202 Å². The van der Waals surface area contributed by atoms with E-state index in [1.54, 1.807) is 19.5 Å². The molecule has 0 radical (unpaired) electrons. The van der Waals surface area contributed by atoms with E-state index in [0.29, 0.717) is 30.7 Å². The minimum absolute atomic E-state index is 0.0732. The smallest absolute Gasteiger partial charge is 0.323 e. The lowest BCUT2D eigenvalue weighted by Crippen LogP contribution is -2.40. The molecule has 2 amide bonds. The Bertz CT molecular complexity index is 916. The monoisotopic (exact) mass is 467 g/mol. The standard InChI is InChI=1S/C26H37N5O3/c1-19(2)16-31(23-7-5-4-6-8-23)25-10-9-20(21(11-12-32)17-34-3)13-24(25)30-26(33)29-22-14-27-18-28-15-22/h9-10,12-15,18-19,21,23H,4-8,11,16-17H2,1-3H3,(H2,29,30,33). The largest absolute Gasteiger partial charge is 0.384 e. The zero-order valence-electron chi connectivity index (χ0n) is 20.5. The van der Waals surface area contributed by atoms with Crippen molar-refractivity contribution in [2.75, 3.05) is 35.8 Å². The van der Waals surface area contributed by atoms with Crippen LogP contribution in [0.3, 0.4) is 0 Å². The molecule has 8 nitrogen and oxygen atoms in total. The Morgan fingerprint density at radius 3 is 2.56 bits per heavy atom. The van der Waals surface area contributed by atoms with E-state index in [0.717, 1.165) is 42.6 Å². The molecule has 184 valence electrons. The molecule has 1 aliphatic rings. The van der Waals surface area contributed by atoms with Gasteiger partial charge in [0.1, 0.15) is 12.6 Å². The maximum atomic E-state index is 12.9. The molecule has 0 aliphatic heterocycles. The maximum absolute atomic E-state index is 12.9. The van der Waals surface area contributed by atoms with Crippen molar-refractivity contribution >= 4 is 29.4 Å². The third kappa shape index (κ3) is 7.25. The molecule has 1 aromatic heterocycles. The fourth-order valence-electron chi connectivity index (χ4n) is 4.65. The molecule has 0 bridgehead atoms. The van der Waals surface area contributed by atoms with Gasteiger partial charge in [0, 0.05) is 32.0 Å². The van der Waals surface area contributed by atoms with Gasteiger partial charge in [-0.25, -0.2) is 14.8 Å². The van der Waals surface area contributed by atoms with Gasteiger partial charge in [0.15, 0.2) is 0 Å². The van der Waals surface area contributed by atoms with Gasteiger partial charge in [-0.3, -0.25) is 0 Å². The normalized spacial score (nSPS) is 15.1. The van der Waals surface area contributed by atoms with E-state index in [-0.39, 0.29) is 11.9 Å². The zero-order valence-corrected chi connectivity index (χ0v) is 20.5. The average molecular weight is 468 g/mol. The molecule has 1 aromatic carbocycles. The molecule has 1 fully saturated rings. The number of urea groups is 1. The summed E-state index contributed by atoms with van der Waals surface area (Å²) in [5.41, 5.74) is 3.21. The lowest BCUT2D eigenvalue weighted by Gasteiger charge is -2.38. The van der Waals surface area contributed by atoms with Crippen molar-refractivity contribution in [1.29, 1.82) is 0 Å². The first-order valence-corrected chi connectivity index (χ1v) is 12.2. The van der Waals surface area contributed by atoms with Gasteiger partial charge < -0.3 is 25.1 Å². The van der Waals surface area contributed by atoms with E-state index < -0.39 is 0 Å². The van der Waals surface area contributed by atoms with Crippen LogP contribution in [0.1, 0.15) is 63.9 Å². The van der Waals surface area contributed by atoms with Crippen LogP contribution in [0.25, 0.3) is 0 Å². The van der Waals surface area contributed by atoms with Gasteiger partial charge >= 0.3 is 6.03 Å². The van der Waals surface area contributed by atoms with Gasteiger partial charge in [0.25, 0.3) is 0 Å². The van der Waals surface area contributed by atoms with E-state index in [2.05, 4.69) is 51.5 Å². The Balaban J connectivity index is 1.96. The van der Waals surface area contributed by atoms with Crippen LogP contribution in [0.15, 0.2) is 36.9 Å². The van der Waals surface area contributed by atoms with Gasteiger partial charge in [-0.05, 0) is 36.5 Å². The fourth-order valence-corrected chi connectivity index (χ4v) is 4.65. The highest BCUT2D eigenvalue weighted by molar-refractivity contribution is 6.01. The highest BCUT2D eigenvalue weighted by Gasteiger charge is 2.25. The fraction of sp³-hybridized carbons (Fsp3) is 0.538. The number of nitrogens with one attached hydrogen (secondary N) is 2. The van der Waals surface area contributed by atoms with Gasteiger partial charge in [-0.15, -0.1) is 0 Å². The molecule has 34 heavy (non-hydrogen) atoms. The first-order chi connectivity index (χ1) is 16.5. The number of carbonyl (C=O) groups excluding carboxylic acids is 2. The number of aromatic nitrogens is 2. The van der Waals surface area contributed by atoms with Crippen molar-refractivity contribution < 1.29 is 14.3 Å². The van der Waals surface area contributed by atoms with Crippen LogP contribution < -0.4 is 15.5 Å². The van der Waals surface area contributed by atoms with Crippen molar-refractivity contribution in [2.24, 2.45) is 5.92 Å². The number of methoxy groups -OCH3 is 1. The van der Waals surface area contributed by atoms with Crippen LogP contribution in [-0.2, 0) is 9.53 Å². The number of amides is 2. The van der Waals surface area contributed by atoms with Crippen molar-refractivity contribution in [3.63, 3.8) is 0 Å². The second-order valence-corrected chi connectivity index (χ2v) is 9.38. The minimum atomic E-state index is -0.361. The van der Waals surface area contributed by atoms with Gasteiger partial charge in [-0.1, -0.05) is 39.2 Å². The third-order valence-corrected chi connectivity index (χ3v) is 6.19. The Hall–Kier alpha value is -3.00. The van der Waals surface area contributed by atoms with Gasteiger partial charge in [0.2, 0.25) is 0 Å². The molecule has 0 saturated heterocycles. The van der Waals surface area contributed by atoms with Crippen LogP contribution in [0.2, 0.25) is 0 Å². The average Bonchev–Trinajstić information content (AvgIpc) is 2.83. The molecular weight excluding hydrogens is 430 g/mol. The van der Waals surface area contributed by atoms with Crippen molar-refractivity contribution in [3.05, 3.63) is 42.5 Å². The van der Waals surface area contributed by atoms with Gasteiger partial charge in [-0.2, -0.15) is 0 Å². The highest BCUT2D eigenvalue weighted by Crippen LogP contribution is 2.36. The minimum Gasteiger partial charge on any atom is -0.384 e. The Morgan fingerprint density at radius 2 is 1.91 bits per heavy atom. The molecule has 3 rings (SSSR count). The molecule has 8 heteroatoms. The number of carbonyl (C=O) groups is 2. The summed E-state index contributed by atoms with van der Waals surface area (Å²) in [7, 11) is 1.63. The van der Waals surface area contributed by atoms with E-state index in [4.69, 9.17) is 4.74 Å². The quantitative estimate of drug-likeness (QED) is 0.439. The van der Waals surface area contributed by atoms with Crippen LogP contribution in [0.5, 0.6) is 0 Å². The summed E-state index contributed by atoms with van der Waals surface area (Å²) in [6.07, 6.45) is 11.8. The predicted molar refractivity (Wildman–Crippen MR) is 135 cm³/mol. The SMILES string of the molecule is COCC(CC=O)c1ccc(N(CC(C)C)C2CCCCC2)c(NC(=O)Nc2cncnc2)c1. The number of hydrogen-bond donors (Lipinski definition) is 2.